The fourth-order valence-corrected chi connectivity index (χ4v) is 3.58. The summed E-state index contributed by atoms with van der Waals surface area (Å²) < 4.78 is 54.8. The lowest BCUT2D eigenvalue weighted by atomic mass is 9.95. The van der Waals surface area contributed by atoms with Crippen LogP contribution in [-0.4, -0.2) is 46.7 Å². The van der Waals surface area contributed by atoms with Gasteiger partial charge >= 0.3 is 6.36 Å². The van der Waals surface area contributed by atoms with E-state index in [0.717, 1.165) is 25.7 Å². The molecule has 0 unspecified atom stereocenters. The first-order valence-corrected chi connectivity index (χ1v) is 9.88. The van der Waals surface area contributed by atoms with Crippen molar-refractivity contribution in [2.75, 3.05) is 6.61 Å². The summed E-state index contributed by atoms with van der Waals surface area (Å²) in [4.78, 5) is 15.4. The van der Waals surface area contributed by atoms with E-state index >= 15 is 0 Å². The Balaban J connectivity index is 1.54. The van der Waals surface area contributed by atoms with Gasteiger partial charge in [-0.05, 0) is 44.7 Å². The highest BCUT2D eigenvalue weighted by Gasteiger charge is 2.31. The first kappa shape index (κ1) is 22.2. The van der Waals surface area contributed by atoms with Gasteiger partial charge in [0.05, 0.1) is 23.7 Å². The predicted octanol–water partition coefficient (Wildman–Crippen LogP) is 3.70. The minimum atomic E-state index is -4.74. The highest BCUT2D eigenvalue weighted by atomic mass is 19.4. The number of carbonyl (C=O) groups is 1. The molecule has 3 rings (SSSR count). The number of imidazole rings is 1. The van der Waals surface area contributed by atoms with Crippen molar-refractivity contribution < 1.29 is 32.2 Å². The number of aromatic nitrogens is 2. The third kappa shape index (κ3) is 6.01. The number of aryl methyl sites for hydroxylation is 1. The molecule has 0 radical (unpaired) electrons. The molecule has 0 spiro atoms. The third-order valence-electron chi connectivity index (χ3n) is 4.97. The number of fused-ring (bicyclic) bond motifs is 1. The Kier molecular flexibility index (Phi) is 6.74. The maximum atomic E-state index is 12.4. The van der Waals surface area contributed by atoms with E-state index in [4.69, 9.17) is 9.47 Å². The normalized spacial score (nSPS) is 20.7. The summed E-state index contributed by atoms with van der Waals surface area (Å²) in [6.45, 7) is 3.83. The van der Waals surface area contributed by atoms with Crippen LogP contribution in [0.5, 0.6) is 11.8 Å². The maximum absolute atomic E-state index is 12.4. The number of nitrogens with zero attached hydrogens (tertiary/aromatic N) is 2. The van der Waals surface area contributed by atoms with Crippen LogP contribution in [0.1, 0.15) is 39.5 Å². The topological polar surface area (TPSA) is 74.6 Å². The molecule has 1 amide bonds. The lowest BCUT2D eigenvalue weighted by Gasteiger charge is -2.29. The Labute approximate surface area is 172 Å². The van der Waals surface area contributed by atoms with E-state index < -0.39 is 6.36 Å². The van der Waals surface area contributed by atoms with E-state index in [1.54, 1.807) is 11.6 Å². The van der Waals surface area contributed by atoms with Crippen molar-refractivity contribution in [3.05, 3.63) is 18.2 Å². The molecule has 0 aliphatic heterocycles. The molecule has 2 aromatic rings. The molecular formula is C20H26F3N3O4. The first-order valence-electron chi connectivity index (χ1n) is 9.88. The smallest absolute Gasteiger partial charge is 0.461 e. The van der Waals surface area contributed by atoms with Crippen LogP contribution in [-0.2, 0) is 16.6 Å². The van der Waals surface area contributed by atoms with E-state index in [0.29, 0.717) is 23.7 Å². The van der Waals surface area contributed by atoms with E-state index in [1.165, 1.54) is 25.1 Å². The summed E-state index contributed by atoms with van der Waals surface area (Å²) in [5.41, 5.74) is 1.03. The van der Waals surface area contributed by atoms with E-state index in [-0.39, 0.29) is 29.9 Å². The molecule has 1 aromatic heterocycles. The molecule has 7 nitrogen and oxygen atoms in total. The molecule has 0 saturated heterocycles. The number of alkyl halides is 3. The summed E-state index contributed by atoms with van der Waals surface area (Å²) in [6, 6.07) is 4.32. The van der Waals surface area contributed by atoms with Gasteiger partial charge in [0.2, 0.25) is 5.91 Å². The molecule has 1 atom stereocenters. The van der Waals surface area contributed by atoms with Crippen LogP contribution >= 0.6 is 0 Å². The number of benzene rings is 1. The van der Waals surface area contributed by atoms with Crippen LogP contribution in [0.2, 0.25) is 0 Å². The molecule has 166 valence electrons. The van der Waals surface area contributed by atoms with Crippen molar-refractivity contribution in [3.63, 3.8) is 0 Å². The number of rotatable bonds is 7. The standard InChI is InChI=1S/C20H26F3N3O4/c1-12(24-13(2)27)11-28-14-4-6-15(7-5-14)29-19-25-17-9-8-16(30-20(21,22)23)10-18(17)26(19)3/h8-10,12,14-15H,4-7,11H2,1-3H3,(H,24,27)/t12-,14-,15-/m0/s1. The van der Waals surface area contributed by atoms with E-state index in [1.807, 2.05) is 6.92 Å². The molecule has 1 aromatic carbocycles. The van der Waals surface area contributed by atoms with E-state index in [2.05, 4.69) is 15.0 Å². The number of nitrogens with one attached hydrogen (secondary N) is 1. The predicted molar refractivity (Wildman–Crippen MR) is 103 cm³/mol. The van der Waals surface area contributed by atoms with Crippen LogP contribution in [0, 0.1) is 0 Å². The van der Waals surface area contributed by atoms with Crippen molar-refractivity contribution in [2.45, 2.75) is 64.1 Å². The van der Waals surface area contributed by atoms with Crippen molar-refractivity contribution in [1.82, 2.24) is 14.9 Å². The van der Waals surface area contributed by atoms with E-state index in [9.17, 15) is 18.0 Å². The fourth-order valence-electron chi connectivity index (χ4n) is 3.58. The van der Waals surface area contributed by atoms with Gasteiger partial charge in [-0.1, -0.05) is 0 Å². The number of ether oxygens (including phenoxy) is 3. The second-order valence-corrected chi connectivity index (χ2v) is 7.60. The van der Waals surface area contributed by atoms with Crippen molar-refractivity contribution >= 4 is 16.9 Å². The minimum Gasteiger partial charge on any atom is -0.461 e. The highest BCUT2D eigenvalue weighted by molar-refractivity contribution is 5.78. The largest absolute Gasteiger partial charge is 0.573 e. The van der Waals surface area contributed by atoms with Crippen molar-refractivity contribution in [2.24, 2.45) is 7.05 Å². The van der Waals surface area contributed by atoms with Gasteiger partial charge in [0.25, 0.3) is 6.01 Å². The Morgan fingerprint density at radius 1 is 1.27 bits per heavy atom. The molecule has 1 aliphatic carbocycles. The lowest BCUT2D eigenvalue weighted by Crippen LogP contribution is -2.37. The van der Waals surface area contributed by atoms with Gasteiger partial charge in [-0.25, -0.2) is 0 Å². The molecule has 1 heterocycles. The zero-order valence-electron chi connectivity index (χ0n) is 17.2. The van der Waals surface area contributed by atoms with Crippen LogP contribution in [0.4, 0.5) is 13.2 Å². The van der Waals surface area contributed by atoms with Gasteiger partial charge in [-0.2, -0.15) is 4.98 Å². The molecule has 30 heavy (non-hydrogen) atoms. The molecule has 1 fully saturated rings. The highest BCUT2D eigenvalue weighted by Crippen LogP contribution is 2.30. The molecule has 0 bridgehead atoms. The van der Waals surface area contributed by atoms with Gasteiger partial charge in [0, 0.05) is 26.1 Å². The van der Waals surface area contributed by atoms with Gasteiger partial charge in [-0.15, -0.1) is 13.2 Å². The minimum absolute atomic E-state index is 0.0392. The molecule has 10 heteroatoms. The molecule has 1 aliphatic rings. The number of halogens is 3. The number of amides is 1. The zero-order chi connectivity index (χ0) is 21.9. The lowest BCUT2D eigenvalue weighted by molar-refractivity contribution is -0.274. The average Bonchev–Trinajstić information content (AvgIpc) is 2.95. The summed E-state index contributed by atoms with van der Waals surface area (Å²) in [6.07, 6.45) is -1.46. The molecule has 1 saturated carbocycles. The van der Waals surface area contributed by atoms with Crippen LogP contribution in [0.25, 0.3) is 11.0 Å². The maximum Gasteiger partial charge on any atom is 0.573 e. The quantitative estimate of drug-likeness (QED) is 0.727. The van der Waals surface area contributed by atoms with Gasteiger partial charge in [0.15, 0.2) is 0 Å². The monoisotopic (exact) mass is 429 g/mol. The molecular weight excluding hydrogens is 403 g/mol. The Morgan fingerprint density at radius 3 is 2.57 bits per heavy atom. The first-order chi connectivity index (χ1) is 14.1. The summed E-state index contributed by atoms with van der Waals surface area (Å²) in [5, 5.41) is 2.79. The Bertz CT molecular complexity index is 876. The van der Waals surface area contributed by atoms with Gasteiger partial charge < -0.3 is 19.5 Å². The average molecular weight is 429 g/mol. The van der Waals surface area contributed by atoms with Crippen LogP contribution in [0.3, 0.4) is 0 Å². The second kappa shape index (κ2) is 9.11. The number of hydrogen-bond acceptors (Lipinski definition) is 5. The third-order valence-corrected chi connectivity index (χ3v) is 4.97. The Hall–Kier alpha value is -2.49. The summed E-state index contributed by atoms with van der Waals surface area (Å²) in [7, 11) is 1.69. The second-order valence-electron chi connectivity index (χ2n) is 7.60. The van der Waals surface area contributed by atoms with Crippen LogP contribution in [0.15, 0.2) is 18.2 Å². The van der Waals surface area contributed by atoms with Gasteiger partial charge in [-0.3, -0.25) is 9.36 Å². The van der Waals surface area contributed by atoms with Crippen molar-refractivity contribution in [1.29, 1.82) is 0 Å². The summed E-state index contributed by atoms with van der Waals surface area (Å²) in [5.74, 6) is -0.376. The van der Waals surface area contributed by atoms with Gasteiger partial charge in [0.1, 0.15) is 11.9 Å². The SMILES string of the molecule is CC(=O)N[C@@H](C)CO[C@H]1CC[C@H](Oc2nc3ccc(OC(F)(F)F)cc3n2C)CC1. The number of hydrogen-bond donors (Lipinski definition) is 1. The molecule has 1 N–H and O–H groups in total. The van der Waals surface area contributed by atoms with Crippen molar-refractivity contribution in [3.8, 4) is 11.8 Å². The number of carbonyl (C=O) groups excluding carboxylic acids is 1. The zero-order valence-corrected chi connectivity index (χ0v) is 17.2. The van der Waals surface area contributed by atoms with Crippen LogP contribution < -0.4 is 14.8 Å². The summed E-state index contributed by atoms with van der Waals surface area (Å²) >= 11 is 0. The Morgan fingerprint density at radius 2 is 1.93 bits per heavy atom. The fraction of sp³-hybridized carbons (Fsp3) is 0.600.